The van der Waals surface area contributed by atoms with Crippen LogP contribution in [0.5, 0.6) is 0 Å². The predicted molar refractivity (Wildman–Crippen MR) is 91.5 cm³/mol. The molecule has 1 unspecified atom stereocenters. The molecule has 0 saturated heterocycles. The Labute approximate surface area is 148 Å². The summed E-state index contributed by atoms with van der Waals surface area (Å²) in [5.41, 5.74) is 6.99. The van der Waals surface area contributed by atoms with Gasteiger partial charge < -0.3 is 29.7 Å². The van der Waals surface area contributed by atoms with Crippen LogP contribution in [0.1, 0.15) is 18.9 Å². The van der Waals surface area contributed by atoms with Crippen molar-refractivity contribution >= 4 is 31.9 Å². The van der Waals surface area contributed by atoms with E-state index < -0.39 is 27.2 Å². The molecule has 2 aliphatic carbocycles. The molecule has 13 heteroatoms. The van der Waals surface area contributed by atoms with E-state index in [0.717, 1.165) is 6.42 Å². The number of hydrogen-bond donors (Lipinski definition) is 4. The van der Waals surface area contributed by atoms with Crippen molar-refractivity contribution in [2.24, 2.45) is 11.8 Å². The second kappa shape index (κ2) is 6.09. The Hall–Kier alpha value is -1.35. The fourth-order valence-corrected chi connectivity index (χ4v) is 6.91. The van der Waals surface area contributed by atoms with E-state index in [0.29, 0.717) is 29.3 Å². The van der Waals surface area contributed by atoms with E-state index in [9.17, 15) is 14.0 Å². The van der Waals surface area contributed by atoms with Crippen LogP contribution in [0.15, 0.2) is 12.7 Å². The number of nitrogens with zero attached hydrogens (tertiary/aromatic N) is 4. The summed E-state index contributed by atoms with van der Waals surface area (Å²) in [5, 5.41) is 0. The zero-order valence-corrected chi connectivity index (χ0v) is 15.4. The van der Waals surface area contributed by atoms with Crippen molar-refractivity contribution < 1.29 is 28.5 Å². The summed E-state index contributed by atoms with van der Waals surface area (Å²) in [6.45, 7) is 0. The van der Waals surface area contributed by atoms with Crippen molar-refractivity contribution in [3.05, 3.63) is 12.7 Å². The van der Waals surface area contributed by atoms with Crippen LogP contribution in [0.4, 0.5) is 5.82 Å². The molecule has 142 valence electrons. The van der Waals surface area contributed by atoms with Gasteiger partial charge in [0.25, 0.3) is 0 Å². The average Bonchev–Trinajstić information content (AvgIpc) is 3.04. The highest BCUT2D eigenvalue weighted by Gasteiger charge is 2.56. The Kier molecular flexibility index (Phi) is 4.22. The fraction of sp³-hybridized carbons (Fsp3) is 0.615. The predicted octanol–water partition coefficient (Wildman–Crippen LogP) is 0.738. The van der Waals surface area contributed by atoms with Crippen LogP contribution >= 0.6 is 15.0 Å². The quantitative estimate of drug-likeness (QED) is 0.504. The van der Waals surface area contributed by atoms with Crippen LogP contribution in [0.2, 0.25) is 0 Å². The van der Waals surface area contributed by atoms with Gasteiger partial charge in [-0.05, 0) is 24.7 Å². The van der Waals surface area contributed by atoms with Gasteiger partial charge in [-0.3, -0.25) is 9.13 Å². The van der Waals surface area contributed by atoms with Crippen molar-refractivity contribution in [3.8, 4) is 0 Å². The van der Waals surface area contributed by atoms with E-state index in [-0.39, 0.29) is 18.1 Å². The van der Waals surface area contributed by atoms with Crippen molar-refractivity contribution in [1.29, 1.82) is 0 Å². The third-order valence-corrected chi connectivity index (χ3v) is 8.77. The monoisotopic (exact) mass is 403 g/mol. The molecule has 5 N–H and O–H groups in total. The topological polar surface area (TPSA) is 174 Å². The van der Waals surface area contributed by atoms with Crippen LogP contribution in [0.3, 0.4) is 0 Å². The lowest BCUT2D eigenvalue weighted by atomic mass is 10.1. The Morgan fingerprint density at radius 3 is 2.69 bits per heavy atom. The lowest BCUT2D eigenvalue weighted by Crippen LogP contribution is -2.17. The highest BCUT2D eigenvalue weighted by Crippen LogP contribution is 2.60. The number of aromatic nitrogens is 4. The number of rotatable bonds is 6. The first-order chi connectivity index (χ1) is 12.1. The second-order valence-electron chi connectivity index (χ2n) is 6.94. The standard InChI is InChI=1S/C13H19N5O6P2/c14-12-11-13(16-3-15-12)18(4-17-11)9-2-10(8-1-7(8)9)24-5-25(19,20)6-26(21,22)23/h3-4,7-10H,1-2,5-6H2,(H,19,20)(H2,14,15,16)(H2,21,22,23)/t7-,8+,9+,10+/m0/s1. The minimum absolute atomic E-state index is 0.0872. The molecular formula is C13H19N5O6P2. The molecular weight excluding hydrogens is 384 g/mol. The molecule has 0 spiro atoms. The van der Waals surface area contributed by atoms with Gasteiger partial charge in [0.05, 0.1) is 12.4 Å². The minimum Gasteiger partial charge on any atom is -0.382 e. The number of nitrogen functional groups attached to an aromatic ring is 1. The molecule has 0 amide bonds. The van der Waals surface area contributed by atoms with E-state index in [2.05, 4.69) is 15.0 Å². The molecule has 11 nitrogen and oxygen atoms in total. The number of hydrogen-bond acceptors (Lipinski definition) is 7. The Morgan fingerprint density at radius 2 is 1.96 bits per heavy atom. The summed E-state index contributed by atoms with van der Waals surface area (Å²) in [5.74, 6) is -0.141. The third-order valence-electron chi connectivity index (χ3n) is 4.98. The highest BCUT2D eigenvalue weighted by molar-refractivity contribution is 7.72. The average molecular weight is 403 g/mol. The maximum atomic E-state index is 11.9. The molecule has 2 aliphatic rings. The number of anilines is 1. The summed E-state index contributed by atoms with van der Waals surface area (Å²) < 4.78 is 30.4. The highest BCUT2D eigenvalue weighted by atomic mass is 31.2. The van der Waals surface area contributed by atoms with Crippen LogP contribution in [0.25, 0.3) is 11.2 Å². The van der Waals surface area contributed by atoms with Crippen molar-refractivity contribution in [3.63, 3.8) is 0 Å². The molecule has 0 aromatic carbocycles. The lowest BCUT2D eigenvalue weighted by Gasteiger charge is -2.20. The molecule has 2 aromatic heterocycles. The molecule has 0 radical (unpaired) electrons. The second-order valence-corrected chi connectivity index (χ2v) is 11.3. The SMILES string of the molecule is Nc1ncnc2c1ncn2[C@@H]1C[C@@H](OCP(=O)(O)CP(=O)(O)O)[C@@H]2C[C@@H]21. The first kappa shape index (κ1) is 18.0. The summed E-state index contributed by atoms with van der Waals surface area (Å²) >= 11 is 0. The molecule has 5 atom stereocenters. The summed E-state index contributed by atoms with van der Waals surface area (Å²) in [6, 6.07) is 0.0872. The Balaban J connectivity index is 1.46. The van der Waals surface area contributed by atoms with Crippen molar-refractivity contribution in [2.45, 2.75) is 25.0 Å². The fourth-order valence-electron chi connectivity index (χ4n) is 3.86. The van der Waals surface area contributed by atoms with Crippen molar-refractivity contribution in [2.75, 3.05) is 18.0 Å². The zero-order valence-electron chi connectivity index (χ0n) is 13.6. The molecule has 0 aliphatic heterocycles. The zero-order chi connectivity index (χ0) is 18.7. The van der Waals surface area contributed by atoms with Gasteiger partial charge in [-0.1, -0.05) is 0 Å². The van der Waals surface area contributed by atoms with Gasteiger partial charge in [-0.25, -0.2) is 15.0 Å². The minimum atomic E-state index is -4.57. The van der Waals surface area contributed by atoms with Gasteiger partial charge in [-0.2, -0.15) is 0 Å². The van der Waals surface area contributed by atoms with Gasteiger partial charge in [-0.15, -0.1) is 0 Å². The molecule has 26 heavy (non-hydrogen) atoms. The van der Waals surface area contributed by atoms with Gasteiger partial charge in [0.15, 0.2) is 11.5 Å². The first-order valence-corrected chi connectivity index (χ1v) is 11.9. The summed E-state index contributed by atoms with van der Waals surface area (Å²) in [7, 11) is -8.61. The maximum Gasteiger partial charge on any atom is 0.335 e. The van der Waals surface area contributed by atoms with Crippen LogP contribution in [0, 0.1) is 11.8 Å². The van der Waals surface area contributed by atoms with Crippen LogP contribution in [-0.4, -0.2) is 52.6 Å². The molecule has 2 heterocycles. The van der Waals surface area contributed by atoms with Gasteiger partial charge in [0, 0.05) is 6.04 Å². The number of fused-ring (bicyclic) bond motifs is 2. The number of nitrogens with two attached hydrogens (primary N) is 1. The third kappa shape index (κ3) is 3.43. The Morgan fingerprint density at radius 1 is 1.19 bits per heavy atom. The first-order valence-electron chi connectivity index (χ1n) is 8.05. The van der Waals surface area contributed by atoms with Gasteiger partial charge in [0.1, 0.15) is 24.1 Å². The van der Waals surface area contributed by atoms with Crippen molar-refractivity contribution in [1.82, 2.24) is 19.5 Å². The number of imidazole rings is 1. The molecule has 2 saturated carbocycles. The maximum absolute atomic E-state index is 11.9. The van der Waals surface area contributed by atoms with Crippen LogP contribution in [-0.2, 0) is 13.9 Å². The van der Waals surface area contributed by atoms with E-state index in [1.165, 1.54) is 6.33 Å². The lowest BCUT2D eigenvalue weighted by molar-refractivity contribution is 0.0663. The molecule has 0 bridgehead atoms. The van der Waals surface area contributed by atoms with Gasteiger partial charge in [0.2, 0.25) is 7.37 Å². The molecule has 4 rings (SSSR count). The van der Waals surface area contributed by atoms with Gasteiger partial charge >= 0.3 is 7.60 Å². The van der Waals surface area contributed by atoms with Crippen LogP contribution < -0.4 is 5.73 Å². The molecule has 2 aromatic rings. The van der Waals surface area contributed by atoms with E-state index in [4.69, 9.17) is 20.3 Å². The summed E-state index contributed by atoms with van der Waals surface area (Å²) in [6.07, 6.45) is 3.79. The normalized spacial score (nSPS) is 30.3. The Bertz CT molecular complexity index is 944. The van der Waals surface area contributed by atoms with E-state index in [1.807, 2.05) is 4.57 Å². The smallest absolute Gasteiger partial charge is 0.335 e. The largest absolute Gasteiger partial charge is 0.382 e. The molecule has 2 fully saturated rings. The number of ether oxygens (including phenoxy) is 1. The van der Waals surface area contributed by atoms with E-state index in [1.54, 1.807) is 6.33 Å². The van der Waals surface area contributed by atoms with E-state index >= 15 is 0 Å². The summed E-state index contributed by atoms with van der Waals surface area (Å²) in [4.78, 5) is 39.9.